The van der Waals surface area contributed by atoms with E-state index >= 15 is 0 Å². The van der Waals surface area contributed by atoms with Gasteiger partial charge in [-0.1, -0.05) is 11.8 Å². The van der Waals surface area contributed by atoms with Crippen molar-refractivity contribution < 1.29 is 9.59 Å². The molecule has 0 saturated carbocycles. The lowest BCUT2D eigenvalue weighted by Crippen LogP contribution is -2.35. The van der Waals surface area contributed by atoms with Crippen LogP contribution < -0.4 is 16.1 Å². The number of nitrogens with zero attached hydrogens (tertiary/aromatic N) is 1. The van der Waals surface area contributed by atoms with E-state index in [1.165, 1.54) is 11.8 Å². The largest absolute Gasteiger partial charge is 0.326 e. The predicted molar refractivity (Wildman–Crippen MR) is 71.5 cm³/mol. The fourth-order valence-corrected chi connectivity index (χ4v) is 3.04. The van der Waals surface area contributed by atoms with Gasteiger partial charge in [0.2, 0.25) is 5.91 Å². The van der Waals surface area contributed by atoms with E-state index in [9.17, 15) is 19.2 Å². The highest BCUT2D eigenvalue weighted by molar-refractivity contribution is 8.14. The molecule has 1 saturated heterocycles. The smallest absolute Gasteiger partial charge is 0.309 e. The Bertz CT molecular complexity index is 648. The minimum absolute atomic E-state index is 0.0632. The van der Waals surface area contributed by atoms with E-state index in [0.29, 0.717) is 12.2 Å². The van der Waals surface area contributed by atoms with Crippen molar-refractivity contribution in [2.24, 2.45) is 0 Å². The molecule has 1 aromatic rings. The first-order valence-corrected chi connectivity index (χ1v) is 6.57. The zero-order valence-electron chi connectivity index (χ0n) is 10.5. The zero-order valence-corrected chi connectivity index (χ0v) is 11.3. The van der Waals surface area contributed by atoms with Crippen LogP contribution in [-0.4, -0.2) is 32.8 Å². The second-order valence-corrected chi connectivity index (χ2v) is 5.80. The summed E-state index contributed by atoms with van der Waals surface area (Å²) in [4.78, 5) is 51.7. The first-order chi connectivity index (χ1) is 8.88. The van der Waals surface area contributed by atoms with Gasteiger partial charge in [0.25, 0.3) is 5.56 Å². The summed E-state index contributed by atoms with van der Waals surface area (Å²) in [5, 5.41) is -0.220. The Morgan fingerprint density at radius 1 is 1.32 bits per heavy atom. The minimum atomic E-state index is -0.604. The molecule has 1 amide bonds. The average molecular weight is 283 g/mol. The molecule has 1 aromatic heterocycles. The quantitative estimate of drug-likeness (QED) is 0.779. The molecule has 1 aliphatic heterocycles. The third-order valence-corrected chi connectivity index (χ3v) is 3.77. The van der Waals surface area contributed by atoms with Gasteiger partial charge in [-0.25, -0.2) is 4.79 Å². The number of aromatic amines is 2. The maximum atomic E-state index is 11.9. The average Bonchev–Trinajstić information content (AvgIpc) is 2.57. The van der Waals surface area contributed by atoms with Crippen LogP contribution in [0, 0.1) is 6.92 Å². The van der Waals surface area contributed by atoms with Crippen LogP contribution in [0.4, 0.5) is 5.69 Å². The number of amides is 1. The van der Waals surface area contributed by atoms with Gasteiger partial charge in [-0.3, -0.25) is 19.4 Å². The SMILES string of the molecule is CC(=O)SC1CC(=O)N(c2c(C)[nH]c(=O)[nH]c2=O)C1. The van der Waals surface area contributed by atoms with E-state index in [0.717, 1.165) is 11.8 Å². The van der Waals surface area contributed by atoms with Gasteiger partial charge in [-0.2, -0.15) is 0 Å². The summed E-state index contributed by atoms with van der Waals surface area (Å²) < 4.78 is 0. The van der Waals surface area contributed by atoms with Crippen LogP contribution in [-0.2, 0) is 9.59 Å². The normalized spacial score (nSPS) is 18.9. The van der Waals surface area contributed by atoms with Crippen LogP contribution in [0.1, 0.15) is 19.0 Å². The first kappa shape index (κ1) is 13.6. The highest BCUT2D eigenvalue weighted by Crippen LogP contribution is 2.27. The van der Waals surface area contributed by atoms with E-state index in [4.69, 9.17) is 0 Å². The van der Waals surface area contributed by atoms with E-state index < -0.39 is 11.2 Å². The number of carbonyl (C=O) groups excluding carboxylic acids is 2. The molecular weight excluding hydrogens is 270 g/mol. The number of aryl methyl sites for hydroxylation is 1. The topological polar surface area (TPSA) is 103 Å². The number of carbonyl (C=O) groups is 2. The Balaban J connectivity index is 2.33. The molecule has 0 aromatic carbocycles. The molecule has 2 rings (SSSR count). The second-order valence-electron chi connectivity index (χ2n) is 4.32. The molecule has 0 aliphatic carbocycles. The third kappa shape index (κ3) is 2.78. The number of aromatic nitrogens is 2. The third-order valence-electron chi connectivity index (χ3n) is 2.79. The van der Waals surface area contributed by atoms with Crippen molar-refractivity contribution in [2.75, 3.05) is 11.4 Å². The van der Waals surface area contributed by atoms with Crippen LogP contribution >= 0.6 is 11.8 Å². The zero-order chi connectivity index (χ0) is 14.2. The van der Waals surface area contributed by atoms with Crippen molar-refractivity contribution in [3.05, 3.63) is 26.5 Å². The summed E-state index contributed by atoms with van der Waals surface area (Å²) in [5.41, 5.74) is -0.706. The Labute approximate surface area is 112 Å². The van der Waals surface area contributed by atoms with Crippen LogP contribution in [0.3, 0.4) is 0 Å². The molecule has 1 aliphatic rings. The van der Waals surface area contributed by atoms with E-state index in [-0.39, 0.29) is 28.4 Å². The lowest BCUT2D eigenvalue weighted by molar-refractivity contribution is -0.117. The summed E-state index contributed by atoms with van der Waals surface area (Å²) >= 11 is 1.09. The summed E-state index contributed by atoms with van der Waals surface area (Å²) in [7, 11) is 0. The number of H-pyrrole nitrogens is 2. The fourth-order valence-electron chi connectivity index (χ4n) is 2.12. The molecule has 0 spiro atoms. The molecule has 102 valence electrons. The van der Waals surface area contributed by atoms with Crippen LogP contribution in [0.2, 0.25) is 0 Å². The molecule has 1 atom stereocenters. The van der Waals surface area contributed by atoms with Crippen molar-refractivity contribution in [1.82, 2.24) is 9.97 Å². The lowest BCUT2D eigenvalue weighted by Gasteiger charge is -2.16. The van der Waals surface area contributed by atoms with Gasteiger partial charge in [-0.15, -0.1) is 0 Å². The number of anilines is 1. The van der Waals surface area contributed by atoms with Gasteiger partial charge in [0.05, 0.1) is 0 Å². The van der Waals surface area contributed by atoms with Gasteiger partial charge in [0.1, 0.15) is 5.69 Å². The molecule has 2 heterocycles. The van der Waals surface area contributed by atoms with Crippen LogP contribution in [0.15, 0.2) is 9.59 Å². The van der Waals surface area contributed by atoms with E-state index in [1.807, 2.05) is 0 Å². The molecule has 19 heavy (non-hydrogen) atoms. The van der Waals surface area contributed by atoms with E-state index in [2.05, 4.69) is 9.97 Å². The Kier molecular flexibility index (Phi) is 3.61. The summed E-state index contributed by atoms with van der Waals surface area (Å²) in [6.07, 6.45) is 0.211. The maximum Gasteiger partial charge on any atom is 0.326 e. The monoisotopic (exact) mass is 283 g/mol. The lowest BCUT2D eigenvalue weighted by atomic mass is 10.3. The van der Waals surface area contributed by atoms with Crippen molar-refractivity contribution in [2.45, 2.75) is 25.5 Å². The number of rotatable bonds is 2. The minimum Gasteiger partial charge on any atom is -0.309 e. The molecule has 2 N–H and O–H groups in total. The standard InChI is InChI=1S/C11H13N3O4S/c1-5-9(10(17)13-11(18)12-5)14-4-7(3-8(14)16)19-6(2)15/h7H,3-4H2,1-2H3,(H2,12,13,17,18). The number of hydrogen-bond acceptors (Lipinski definition) is 5. The van der Waals surface area contributed by atoms with Gasteiger partial charge in [0.15, 0.2) is 5.12 Å². The fraction of sp³-hybridized carbons (Fsp3) is 0.455. The summed E-state index contributed by atoms with van der Waals surface area (Å²) in [6, 6.07) is 0. The van der Waals surface area contributed by atoms with Gasteiger partial charge in [-0.05, 0) is 6.92 Å². The predicted octanol–water partition coefficient (Wildman–Crippen LogP) is -0.243. The van der Waals surface area contributed by atoms with Crippen LogP contribution in [0.25, 0.3) is 0 Å². The summed E-state index contributed by atoms with van der Waals surface area (Å²) in [5.74, 6) is -0.223. The van der Waals surface area contributed by atoms with E-state index in [1.54, 1.807) is 6.92 Å². The van der Waals surface area contributed by atoms with Crippen molar-refractivity contribution >= 4 is 28.5 Å². The molecule has 8 heteroatoms. The van der Waals surface area contributed by atoms with Crippen LogP contribution in [0.5, 0.6) is 0 Å². The van der Waals surface area contributed by atoms with Gasteiger partial charge >= 0.3 is 5.69 Å². The first-order valence-electron chi connectivity index (χ1n) is 5.69. The van der Waals surface area contributed by atoms with Crippen molar-refractivity contribution in [3.63, 3.8) is 0 Å². The van der Waals surface area contributed by atoms with Crippen molar-refractivity contribution in [1.29, 1.82) is 0 Å². The number of nitrogens with one attached hydrogen (secondary N) is 2. The summed E-state index contributed by atoms with van der Waals surface area (Å²) in [6.45, 7) is 3.29. The molecule has 1 fully saturated rings. The maximum absolute atomic E-state index is 11.9. The van der Waals surface area contributed by atoms with Gasteiger partial charge < -0.3 is 9.88 Å². The number of hydrogen-bond donors (Lipinski definition) is 2. The van der Waals surface area contributed by atoms with Gasteiger partial charge in [0, 0.05) is 30.8 Å². The van der Waals surface area contributed by atoms with Crippen molar-refractivity contribution in [3.8, 4) is 0 Å². The Hall–Kier alpha value is -1.83. The molecular formula is C11H13N3O4S. The Morgan fingerprint density at radius 3 is 2.58 bits per heavy atom. The molecule has 0 bridgehead atoms. The highest BCUT2D eigenvalue weighted by Gasteiger charge is 2.34. The molecule has 7 nitrogen and oxygen atoms in total. The molecule has 1 unspecified atom stereocenters. The highest BCUT2D eigenvalue weighted by atomic mass is 32.2. The second kappa shape index (κ2) is 5.04. The molecule has 0 radical (unpaired) electrons. The number of thioether (sulfide) groups is 1. The Morgan fingerprint density at radius 2 is 2.00 bits per heavy atom.